The predicted octanol–water partition coefficient (Wildman–Crippen LogP) is 4.55. The predicted molar refractivity (Wildman–Crippen MR) is 103 cm³/mol. The fraction of sp³-hybridized carbons (Fsp3) is 0.350. The Balaban J connectivity index is 1.40. The van der Waals surface area contributed by atoms with Crippen molar-refractivity contribution in [2.45, 2.75) is 31.9 Å². The highest BCUT2D eigenvalue weighted by Gasteiger charge is 2.15. The van der Waals surface area contributed by atoms with Crippen LogP contribution in [0, 0.1) is 0 Å². The number of halogens is 1. The van der Waals surface area contributed by atoms with Crippen LogP contribution in [0.5, 0.6) is 5.75 Å². The van der Waals surface area contributed by atoms with Crippen molar-refractivity contribution in [1.29, 1.82) is 0 Å². The largest absolute Gasteiger partial charge is 0.489 e. The van der Waals surface area contributed by atoms with E-state index in [1.807, 2.05) is 53.2 Å². The van der Waals surface area contributed by atoms with Gasteiger partial charge in [-0.1, -0.05) is 23.7 Å². The van der Waals surface area contributed by atoms with Crippen LogP contribution in [0.4, 0.5) is 5.69 Å². The second-order valence-corrected chi connectivity index (χ2v) is 6.93. The molecule has 6 heteroatoms. The van der Waals surface area contributed by atoms with Gasteiger partial charge in [0.25, 0.3) is 0 Å². The molecule has 3 heterocycles. The fourth-order valence-electron chi connectivity index (χ4n) is 3.15. The molecule has 2 aromatic heterocycles. The molecule has 1 aliphatic heterocycles. The first-order valence-corrected chi connectivity index (χ1v) is 9.36. The number of anilines is 1. The molecule has 0 saturated carbocycles. The minimum atomic E-state index is 0.194. The zero-order valence-corrected chi connectivity index (χ0v) is 15.3. The second-order valence-electron chi connectivity index (χ2n) is 6.49. The number of fused-ring (bicyclic) bond motifs is 1. The fourth-order valence-corrected chi connectivity index (χ4v) is 3.32. The van der Waals surface area contributed by atoms with Gasteiger partial charge in [-0.15, -0.1) is 0 Å². The Morgan fingerprint density at radius 1 is 1.19 bits per heavy atom. The lowest BCUT2D eigenvalue weighted by Gasteiger charge is -2.23. The zero-order chi connectivity index (χ0) is 17.8. The number of nitrogens with zero attached hydrogens (tertiary/aromatic N) is 2. The summed E-state index contributed by atoms with van der Waals surface area (Å²) in [5.74, 6) is 0.841. The van der Waals surface area contributed by atoms with E-state index in [9.17, 15) is 0 Å². The molecule has 1 fully saturated rings. The van der Waals surface area contributed by atoms with Crippen LogP contribution in [0.25, 0.3) is 5.65 Å². The summed E-state index contributed by atoms with van der Waals surface area (Å²) in [6, 6.07) is 11.7. The summed E-state index contributed by atoms with van der Waals surface area (Å²) in [5.41, 5.74) is 2.78. The van der Waals surface area contributed by atoms with Gasteiger partial charge < -0.3 is 19.2 Å². The van der Waals surface area contributed by atoms with Crippen LogP contribution >= 0.6 is 11.6 Å². The molecule has 1 aromatic carbocycles. The molecule has 1 saturated heterocycles. The molecule has 0 unspecified atom stereocenters. The van der Waals surface area contributed by atoms with Gasteiger partial charge in [-0.3, -0.25) is 0 Å². The average Bonchev–Trinajstić information content (AvgIpc) is 3.08. The highest BCUT2D eigenvalue weighted by Crippen LogP contribution is 2.25. The molecule has 3 aromatic rings. The number of pyridine rings is 1. The SMILES string of the molecule is Clc1ccc2nc(CNc3ccccc3OC[C@@H]3CCCCO3)cn2c1. The van der Waals surface area contributed by atoms with Crippen molar-refractivity contribution in [2.24, 2.45) is 0 Å². The smallest absolute Gasteiger partial charge is 0.142 e. The Morgan fingerprint density at radius 2 is 2.12 bits per heavy atom. The minimum absolute atomic E-state index is 0.194. The van der Waals surface area contributed by atoms with Crippen LogP contribution in [-0.2, 0) is 11.3 Å². The van der Waals surface area contributed by atoms with Gasteiger partial charge in [-0.05, 0) is 43.5 Å². The molecule has 0 spiro atoms. The van der Waals surface area contributed by atoms with E-state index in [1.165, 1.54) is 6.42 Å². The number of para-hydroxylation sites is 2. The van der Waals surface area contributed by atoms with Crippen LogP contribution < -0.4 is 10.1 Å². The lowest BCUT2D eigenvalue weighted by molar-refractivity contribution is -0.0109. The van der Waals surface area contributed by atoms with Crippen molar-refractivity contribution >= 4 is 22.9 Å². The van der Waals surface area contributed by atoms with Crippen LogP contribution in [0.3, 0.4) is 0 Å². The summed E-state index contributed by atoms with van der Waals surface area (Å²) in [6.45, 7) is 2.04. The Labute approximate surface area is 157 Å². The molecule has 4 rings (SSSR count). The standard InChI is InChI=1S/C20H22ClN3O2/c21-15-8-9-20-23-16(13-24(20)12-15)11-22-18-6-1-2-7-19(18)26-14-17-5-3-4-10-25-17/h1-2,6-9,12-13,17,22H,3-5,10-11,14H2/t17-/m0/s1. The molecule has 26 heavy (non-hydrogen) atoms. The summed E-state index contributed by atoms with van der Waals surface area (Å²) in [4.78, 5) is 4.60. The van der Waals surface area contributed by atoms with Crippen LogP contribution in [0.2, 0.25) is 5.02 Å². The number of ether oxygens (including phenoxy) is 2. The van der Waals surface area contributed by atoms with Crippen molar-refractivity contribution in [1.82, 2.24) is 9.38 Å². The maximum absolute atomic E-state index is 6.03. The monoisotopic (exact) mass is 371 g/mol. The van der Waals surface area contributed by atoms with E-state index in [0.717, 1.165) is 42.2 Å². The van der Waals surface area contributed by atoms with E-state index in [4.69, 9.17) is 21.1 Å². The van der Waals surface area contributed by atoms with Crippen molar-refractivity contribution in [3.8, 4) is 5.75 Å². The van der Waals surface area contributed by atoms with E-state index < -0.39 is 0 Å². The first kappa shape index (κ1) is 17.2. The number of benzene rings is 1. The lowest BCUT2D eigenvalue weighted by atomic mass is 10.1. The number of aromatic nitrogens is 2. The molecule has 1 aliphatic rings. The summed E-state index contributed by atoms with van der Waals surface area (Å²) in [5, 5.41) is 4.11. The third kappa shape index (κ3) is 4.11. The Bertz CT molecular complexity index is 874. The first-order valence-electron chi connectivity index (χ1n) is 8.98. The number of hydrogen-bond acceptors (Lipinski definition) is 4. The van der Waals surface area contributed by atoms with Crippen LogP contribution in [0.15, 0.2) is 48.8 Å². The zero-order valence-electron chi connectivity index (χ0n) is 14.5. The van der Waals surface area contributed by atoms with E-state index >= 15 is 0 Å². The lowest BCUT2D eigenvalue weighted by Crippen LogP contribution is -2.26. The third-order valence-electron chi connectivity index (χ3n) is 4.51. The van der Waals surface area contributed by atoms with Gasteiger partial charge >= 0.3 is 0 Å². The van der Waals surface area contributed by atoms with Gasteiger partial charge in [0.15, 0.2) is 0 Å². The molecule has 0 aliphatic carbocycles. The maximum Gasteiger partial charge on any atom is 0.142 e. The van der Waals surface area contributed by atoms with Crippen molar-refractivity contribution in [2.75, 3.05) is 18.5 Å². The number of hydrogen-bond donors (Lipinski definition) is 1. The summed E-state index contributed by atoms with van der Waals surface area (Å²) in [7, 11) is 0. The Hall–Kier alpha value is -2.24. The Kier molecular flexibility index (Phi) is 5.27. The van der Waals surface area contributed by atoms with Crippen LogP contribution in [-0.4, -0.2) is 28.7 Å². The molecule has 1 N–H and O–H groups in total. The van der Waals surface area contributed by atoms with E-state index in [1.54, 1.807) is 0 Å². The maximum atomic E-state index is 6.03. The molecule has 0 bridgehead atoms. The summed E-state index contributed by atoms with van der Waals surface area (Å²) in [6.07, 6.45) is 7.46. The summed E-state index contributed by atoms with van der Waals surface area (Å²) >= 11 is 6.03. The molecule has 5 nitrogen and oxygen atoms in total. The minimum Gasteiger partial charge on any atom is -0.489 e. The van der Waals surface area contributed by atoms with E-state index in [0.29, 0.717) is 18.2 Å². The van der Waals surface area contributed by atoms with Gasteiger partial charge in [0.1, 0.15) is 18.0 Å². The van der Waals surface area contributed by atoms with E-state index in [-0.39, 0.29) is 6.10 Å². The molecule has 0 amide bonds. The van der Waals surface area contributed by atoms with Gasteiger partial charge in [0, 0.05) is 19.0 Å². The van der Waals surface area contributed by atoms with Crippen molar-refractivity contribution in [3.63, 3.8) is 0 Å². The highest BCUT2D eigenvalue weighted by molar-refractivity contribution is 6.30. The normalized spacial score (nSPS) is 17.3. The van der Waals surface area contributed by atoms with E-state index in [2.05, 4.69) is 10.3 Å². The molecule has 0 radical (unpaired) electrons. The van der Waals surface area contributed by atoms with Gasteiger partial charge in [0.05, 0.1) is 29.1 Å². The Morgan fingerprint density at radius 3 is 3.00 bits per heavy atom. The first-order chi connectivity index (χ1) is 12.8. The molecular formula is C20H22ClN3O2. The number of imidazole rings is 1. The molecule has 136 valence electrons. The van der Waals surface area contributed by atoms with Crippen LogP contribution in [0.1, 0.15) is 25.0 Å². The summed E-state index contributed by atoms with van der Waals surface area (Å²) < 4.78 is 13.7. The average molecular weight is 372 g/mol. The molecule has 1 atom stereocenters. The van der Waals surface area contributed by atoms with Crippen molar-refractivity contribution < 1.29 is 9.47 Å². The topological polar surface area (TPSA) is 47.8 Å². The quantitative estimate of drug-likeness (QED) is 0.690. The molecular weight excluding hydrogens is 350 g/mol. The van der Waals surface area contributed by atoms with Crippen molar-refractivity contribution in [3.05, 3.63) is 59.5 Å². The second kappa shape index (κ2) is 7.98. The number of nitrogens with one attached hydrogen (secondary N) is 1. The van der Waals surface area contributed by atoms with Gasteiger partial charge in [-0.25, -0.2) is 4.98 Å². The third-order valence-corrected chi connectivity index (χ3v) is 4.73. The number of rotatable bonds is 6. The van der Waals surface area contributed by atoms with Gasteiger partial charge in [-0.2, -0.15) is 0 Å². The highest BCUT2D eigenvalue weighted by atomic mass is 35.5. The van der Waals surface area contributed by atoms with Gasteiger partial charge in [0.2, 0.25) is 0 Å².